The van der Waals surface area contributed by atoms with Gasteiger partial charge >= 0.3 is 0 Å². The minimum atomic E-state index is 0.363. The number of rotatable bonds is 5. The van der Waals surface area contributed by atoms with E-state index in [1.165, 1.54) is 43.1 Å². The molecule has 110 valence electrons. The maximum atomic E-state index is 5.87. The van der Waals surface area contributed by atoms with Crippen molar-refractivity contribution in [3.05, 3.63) is 23.8 Å². The van der Waals surface area contributed by atoms with Gasteiger partial charge in [0, 0.05) is 11.9 Å². The van der Waals surface area contributed by atoms with Crippen molar-refractivity contribution in [1.29, 1.82) is 0 Å². The van der Waals surface area contributed by atoms with Crippen LogP contribution in [0.4, 0.5) is 11.8 Å². The normalized spacial score (nSPS) is 18.7. The van der Waals surface area contributed by atoms with Crippen LogP contribution in [0.3, 0.4) is 0 Å². The molecule has 0 spiro atoms. The Hall–Kier alpha value is -1.84. The quantitative estimate of drug-likeness (QED) is 0.882. The van der Waals surface area contributed by atoms with Crippen molar-refractivity contribution in [2.45, 2.75) is 38.5 Å². The summed E-state index contributed by atoms with van der Waals surface area (Å²) in [6.45, 7) is 1.00. The van der Waals surface area contributed by atoms with Crippen LogP contribution in [0.1, 0.15) is 37.7 Å². The van der Waals surface area contributed by atoms with Crippen LogP contribution in [0.2, 0.25) is 0 Å². The fraction of sp³-hybridized carbons (Fsp3) is 0.529. The lowest BCUT2D eigenvalue weighted by Gasteiger charge is -2.26. The van der Waals surface area contributed by atoms with Gasteiger partial charge in [-0.3, -0.25) is 0 Å². The standard InChI is InChI=1S/C17H22N4/c18-17-20-14-6-2-5-13(9-11-3-1-4-11)15(14)16(21-17)19-10-12-7-8-12/h2,5-6,11-12H,1,3-4,7-10H2,(H3,18,19,20,21). The van der Waals surface area contributed by atoms with E-state index in [1.807, 2.05) is 6.07 Å². The Morgan fingerprint density at radius 3 is 2.67 bits per heavy atom. The molecule has 1 aromatic carbocycles. The Morgan fingerprint density at radius 1 is 1.10 bits per heavy atom. The molecular formula is C17H22N4. The molecule has 0 aliphatic heterocycles. The number of benzene rings is 1. The van der Waals surface area contributed by atoms with Crippen LogP contribution < -0.4 is 11.1 Å². The van der Waals surface area contributed by atoms with Gasteiger partial charge in [0.25, 0.3) is 0 Å². The molecule has 0 atom stereocenters. The molecule has 2 aromatic rings. The molecule has 4 heteroatoms. The summed E-state index contributed by atoms with van der Waals surface area (Å²) in [6.07, 6.45) is 7.91. The van der Waals surface area contributed by atoms with E-state index < -0.39 is 0 Å². The van der Waals surface area contributed by atoms with E-state index in [1.54, 1.807) is 0 Å². The Kier molecular flexibility index (Phi) is 3.17. The molecular weight excluding hydrogens is 260 g/mol. The Bertz CT molecular complexity index is 659. The average Bonchev–Trinajstić information content (AvgIpc) is 3.24. The largest absolute Gasteiger partial charge is 0.369 e. The van der Waals surface area contributed by atoms with Crippen LogP contribution in [-0.4, -0.2) is 16.5 Å². The predicted molar refractivity (Wildman–Crippen MR) is 86.2 cm³/mol. The molecule has 0 saturated heterocycles. The van der Waals surface area contributed by atoms with Gasteiger partial charge in [0.1, 0.15) is 5.82 Å². The molecule has 4 rings (SSSR count). The first-order valence-electron chi connectivity index (χ1n) is 8.08. The fourth-order valence-corrected chi connectivity index (χ4v) is 3.14. The SMILES string of the molecule is Nc1nc(NCC2CC2)c2c(CC3CCC3)cccc2n1. The topological polar surface area (TPSA) is 63.8 Å². The third kappa shape index (κ3) is 2.67. The third-order valence-corrected chi connectivity index (χ3v) is 4.82. The van der Waals surface area contributed by atoms with Gasteiger partial charge in [-0.05, 0) is 42.7 Å². The number of nitrogens with zero attached hydrogens (tertiary/aromatic N) is 2. The van der Waals surface area contributed by atoms with Crippen molar-refractivity contribution in [2.24, 2.45) is 11.8 Å². The molecule has 1 aromatic heterocycles. The molecule has 0 unspecified atom stereocenters. The lowest BCUT2D eigenvalue weighted by molar-refractivity contribution is 0.315. The minimum absolute atomic E-state index is 0.363. The molecule has 2 fully saturated rings. The summed E-state index contributed by atoms with van der Waals surface area (Å²) in [5.74, 6) is 2.94. The molecule has 1 heterocycles. The highest BCUT2D eigenvalue weighted by atomic mass is 15.1. The molecule has 21 heavy (non-hydrogen) atoms. The molecule has 3 N–H and O–H groups in total. The van der Waals surface area contributed by atoms with Gasteiger partial charge in [0.05, 0.1) is 5.52 Å². The maximum Gasteiger partial charge on any atom is 0.222 e. The van der Waals surface area contributed by atoms with Gasteiger partial charge < -0.3 is 11.1 Å². The highest BCUT2D eigenvalue weighted by Crippen LogP contribution is 2.35. The second-order valence-electron chi connectivity index (χ2n) is 6.57. The first-order valence-corrected chi connectivity index (χ1v) is 8.08. The molecule has 2 aliphatic carbocycles. The molecule has 2 saturated carbocycles. The lowest BCUT2D eigenvalue weighted by Crippen LogP contribution is -2.15. The van der Waals surface area contributed by atoms with Crippen LogP contribution in [0.25, 0.3) is 10.9 Å². The number of nitrogens with one attached hydrogen (secondary N) is 1. The summed E-state index contributed by atoms with van der Waals surface area (Å²) in [6, 6.07) is 6.36. The zero-order chi connectivity index (χ0) is 14.2. The highest BCUT2D eigenvalue weighted by molar-refractivity contribution is 5.93. The van der Waals surface area contributed by atoms with Crippen LogP contribution in [0.15, 0.2) is 18.2 Å². The van der Waals surface area contributed by atoms with Crippen LogP contribution >= 0.6 is 0 Å². The zero-order valence-corrected chi connectivity index (χ0v) is 12.3. The van der Waals surface area contributed by atoms with E-state index in [-0.39, 0.29) is 0 Å². The number of hydrogen-bond donors (Lipinski definition) is 2. The summed E-state index contributed by atoms with van der Waals surface area (Å²) in [7, 11) is 0. The summed E-state index contributed by atoms with van der Waals surface area (Å²) in [4.78, 5) is 8.89. The number of fused-ring (bicyclic) bond motifs is 1. The number of aromatic nitrogens is 2. The Morgan fingerprint density at radius 2 is 1.95 bits per heavy atom. The van der Waals surface area contributed by atoms with Gasteiger partial charge in [0.2, 0.25) is 5.95 Å². The molecule has 0 bridgehead atoms. The lowest BCUT2D eigenvalue weighted by atomic mass is 9.80. The Balaban J connectivity index is 1.72. The van der Waals surface area contributed by atoms with Crippen molar-refractivity contribution in [1.82, 2.24) is 9.97 Å². The number of anilines is 2. The fourth-order valence-electron chi connectivity index (χ4n) is 3.14. The number of hydrogen-bond acceptors (Lipinski definition) is 4. The van der Waals surface area contributed by atoms with Crippen LogP contribution in [0.5, 0.6) is 0 Å². The summed E-state index contributed by atoms with van der Waals surface area (Å²) in [5, 5.41) is 4.69. The maximum absolute atomic E-state index is 5.87. The minimum Gasteiger partial charge on any atom is -0.369 e. The first kappa shape index (κ1) is 12.9. The highest BCUT2D eigenvalue weighted by Gasteiger charge is 2.23. The smallest absolute Gasteiger partial charge is 0.222 e. The van der Waals surface area contributed by atoms with E-state index in [9.17, 15) is 0 Å². The zero-order valence-electron chi connectivity index (χ0n) is 12.3. The van der Waals surface area contributed by atoms with Crippen molar-refractivity contribution in [3.63, 3.8) is 0 Å². The van der Waals surface area contributed by atoms with E-state index in [0.29, 0.717) is 5.95 Å². The summed E-state index contributed by atoms with van der Waals surface area (Å²) >= 11 is 0. The van der Waals surface area contributed by atoms with Gasteiger partial charge in [-0.2, -0.15) is 4.98 Å². The van der Waals surface area contributed by atoms with Crippen molar-refractivity contribution in [2.75, 3.05) is 17.6 Å². The van der Waals surface area contributed by atoms with Gasteiger partial charge in [0.15, 0.2) is 0 Å². The first-order chi connectivity index (χ1) is 10.3. The van der Waals surface area contributed by atoms with Gasteiger partial charge in [-0.15, -0.1) is 0 Å². The molecule has 2 aliphatic rings. The predicted octanol–water partition coefficient (Wildman–Crippen LogP) is 3.38. The van der Waals surface area contributed by atoms with Crippen LogP contribution in [0, 0.1) is 11.8 Å². The second kappa shape index (κ2) is 5.17. The number of nitrogens with two attached hydrogens (primary N) is 1. The van der Waals surface area contributed by atoms with Gasteiger partial charge in [-0.25, -0.2) is 4.98 Å². The Labute approximate surface area is 125 Å². The van der Waals surface area contributed by atoms with E-state index in [0.717, 1.165) is 36.1 Å². The van der Waals surface area contributed by atoms with Crippen molar-refractivity contribution >= 4 is 22.7 Å². The van der Waals surface area contributed by atoms with Gasteiger partial charge in [-0.1, -0.05) is 31.4 Å². The second-order valence-corrected chi connectivity index (χ2v) is 6.57. The molecule has 4 nitrogen and oxygen atoms in total. The van der Waals surface area contributed by atoms with Crippen molar-refractivity contribution < 1.29 is 0 Å². The van der Waals surface area contributed by atoms with Crippen LogP contribution in [-0.2, 0) is 6.42 Å². The number of nitrogen functional groups attached to an aromatic ring is 1. The van der Waals surface area contributed by atoms with E-state index in [4.69, 9.17) is 5.73 Å². The summed E-state index contributed by atoms with van der Waals surface area (Å²) < 4.78 is 0. The van der Waals surface area contributed by atoms with E-state index in [2.05, 4.69) is 27.4 Å². The average molecular weight is 282 g/mol. The van der Waals surface area contributed by atoms with Crippen molar-refractivity contribution in [3.8, 4) is 0 Å². The molecule has 0 radical (unpaired) electrons. The molecule has 0 amide bonds. The monoisotopic (exact) mass is 282 g/mol. The summed E-state index contributed by atoms with van der Waals surface area (Å²) in [5.41, 5.74) is 8.21. The van der Waals surface area contributed by atoms with E-state index >= 15 is 0 Å². The third-order valence-electron chi connectivity index (χ3n) is 4.82.